The second-order valence-electron chi connectivity index (χ2n) is 5.57. The number of nitrogens with zero attached hydrogens (tertiary/aromatic N) is 4. The number of allylic oxidation sites excluding steroid dienone is 1. The van der Waals surface area contributed by atoms with E-state index in [4.69, 9.17) is 4.42 Å². The average Bonchev–Trinajstić information content (AvgIpc) is 3.30. The standard InChI is InChI=1S/C17H15N5O3S/c1-2-26-17-19-16-18-13(11-5-7-12(8-6-11)22(23)24)10-14(21(16)20-17)15-4-3-9-25-15/h3-10,14H,2H2,1H3,(H,18,19,20). The summed E-state index contributed by atoms with van der Waals surface area (Å²) in [6.45, 7) is 2.04. The number of hydrogen-bond acceptors (Lipinski definition) is 7. The van der Waals surface area contributed by atoms with Crippen molar-refractivity contribution >= 4 is 29.1 Å². The Morgan fingerprint density at radius 2 is 2.15 bits per heavy atom. The fourth-order valence-electron chi connectivity index (χ4n) is 2.76. The largest absolute Gasteiger partial charge is 0.467 e. The molecule has 2 aromatic heterocycles. The van der Waals surface area contributed by atoms with E-state index < -0.39 is 4.92 Å². The van der Waals surface area contributed by atoms with Crippen LogP contribution in [-0.4, -0.2) is 25.4 Å². The number of hydrogen-bond donors (Lipinski definition) is 1. The zero-order chi connectivity index (χ0) is 18.1. The van der Waals surface area contributed by atoms with E-state index in [9.17, 15) is 10.1 Å². The Bertz CT molecular complexity index is 963. The summed E-state index contributed by atoms with van der Waals surface area (Å²) in [5.41, 5.74) is 1.68. The Labute approximate surface area is 153 Å². The molecule has 1 aliphatic rings. The molecule has 0 saturated carbocycles. The minimum atomic E-state index is -0.414. The number of nitro groups is 1. The van der Waals surface area contributed by atoms with E-state index in [0.29, 0.717) is 11.1 Å². The van der Waals surface area contributed by atoms with Gasteiger partial charge in [0.15, 0.2) is 0 Å². The summed E-state index contributed by atoms with van der Waals surface area (Å²) in [6, 6.07) is 9.86. The fraction of sp³-hybridized carbons (Fsp3) is 0.176. The first-order valence-corrected chi connectivity index (χ1v) is 9.00. The third-order valence-electron chi connectivity index (χ3n) is 3.94. The number of nitrogens with one attached hydrogen (secondary N) is 1. The fourth-order valence-corrected chi connectivity index (χ4v) is 3.31. The van der Waals surface area contributed by atoms with Gasteiger partial charge in [-0.1, -0.05) is 18.7 Å². The Morgan fingerprint density at radius 1 is 1.35 bits per heavy atom. The highest BCUT2D eigenvalue weighted by Crippen LogP contribution is 2.34. The van der Waals surface area contributed by atoms with Crippen LogP contribution in [0.1, 0.15) is 24.3 Å². The third-order valence-corrected chi connectivity index (χ3v) is 4.66. The van der Waals surface area contributed by atoms with Crippen LogP contribution in [0.3, 0.4) is 0 Å². The molecule has 3 heterocycles. The molecule has 4 rings (SSSR count). The highest BCUT2D eigenvalue weighted by Gasteiger charge is 2.27. The van der Waals surface area contributed by atoms with Gasteiger partial charge < -0.3 is 9.73 Å². The van der Waals surface area contributed by atoms with Crippen LogP contribution in [0.5, 0.6) is 0 Å². The van der Waals surface area contributed by atoms with Gasteiger partial charge in [-0.2, -0.15) is 4.98 Å². The number of fused-ring (bicyclic) bond motifs is 1. The maximum atomic E-state index is 10.9. The minimum Gasteiger partial charge on any atom is -0.467 e. The molecule has 0 saturated heterocycles. The average molecular weight is 369 g/mol. The molecule has 1 unspecified atom stereocenters. The lowest BCUT2D eigenvalue weighted by molar-refractivity contribution is -0.384. The lowest BCUT2D eigenvalue weighted by Gasteiger charge is -2.22. The van der Waals surface area contributed by atoms with E-state index in [1.165, 1.54) is 12.1 Å². The van der Waals surface area contributed by atoms with Crippen molar-refractivity contribution in [2.75, 3.05) is 11.1 Å². The number of rotatable bonds is 5. The maximum Gasteiger partial charge on any atom is 0.269 e. The first kappa shape index (κ1) is 16.4. The first-order valence-electron chi connectivity index (χ1n) is 8.02. The van der Waals surface area contributed by atoms with Gasteiger partial charge in [0.1, 0.15) is 11.8 Å². The molecule has 1 aromatic carbocycles. The second-order valence-corrected chi connectivity index (χ2v) is 6.80. The molecule has 132 valence electrons. The van der Waals surface area contributed by atoms with Gasteiger partial charge in [-0.05, 0) is 41.7 Å². The molecule has 0 radical (unpaired) electrons. The molecular weight excluding hydrogens is 354 g/mol. The van der Waals surface area contributed by atoms with Gasteiger partial charge in [0.25, 0.3) is 5.69 Å². The summed E-state index contributed by atoms with van der Waals surface area (Å²) < 4.78 is 7.36. The van der Waals surface area contributed by atoms with Crippen LogP contribution in [0.4, 0.5) is 11.6 Å². The predicted molar refractivity (Wildman–Crippen MR) is 98.0 cm³/mol. The summed E-state index contributed by atoms with van der Waals surface area (Å²) in [4.78, 5) is 15.0. The van der Waals surface area contributed by atoms with Gasteiger partial charge in [0, 0.05) is 17.8 Å². The SMILES string of the molecule is CCSc1nc2n(n1)C(c1ccco1)C=C(c1ccc([N+](=O)[O-])cc1)N2. The van der Waals surface area contributed by atoms with Gasteiger partial charge in [0.2, 0.25) is 11.1 Å². The monoisotopic (exact) mass is 369 g/mol. The Kier molecular flexibility index (Phi) is 4.21. The van der Waals surface area contributed by atoms with E-state index in [0.717, 1.165) is 22.8 Å². The molecule has 9 heteroatoms. The van der Waals surface area contributed by atoms with Crippen molar-refractivity contribution in [3.63, 3.8) is 0 Å². The van der Waals surface area contributed by atoms with Gasteiger partial charge in [0.05, 0.1) is 11.2 Å². The number of thioether (sulfide) groups is 1. The molecule has 1 atom stereocenters. The van der Waals surface area contributed by atoms with Crippen LogP contribution < -0.4 is 5.32 Å². The number of benzene rings is 1. The van der Waals surface area contributed by atoms with Gasteiger partial charge in [-0.15, -0.1) is 5.10 Å². The molecule has 1 aliphatic heterocycles. The van der Waals surface area contributed by atoms with Gasteiger partial charge in [-0.3, -0.25) is 10.1 Å². The smallest absolute Gasteiger partial charge is 0.269 e. The number of aromatic nitrogens is 3. The highest BCUT2D eigenvalue weighted by atomic mass is 32.2. The topological polar surface area (TPSA) is 99.0 Å². The molecule has 0 aliphatic carbocycles. The van der Waals surface area contributed by atoms with Crippen molar-refractivity contribution in [3.8, 4) is 0 Å². The summed E-state index contributed by atoms with van der Waals surface area (Å²) in [6.07, 6.45) is 3.59. The summed E-state index contributed by atoms with van der Waals surface area (Å²) in [5.74, 6) is 2.22. The highest BCUT2D eigenvalue weighted by molar-refractivity contribution is 7.99. The van der Waals surface area contributed by atoms with Crippen LogP contribution in [0.15, 0.2) is 58.3 Å². The van der Waals surface area contributed by atoms with Crippen molar-refractivity contribution in [3.05, 3.63) is 70.2 Å². The number of nitro benzene ring substituents is 1. The van der Waals surface area contributed by atoms with E-state index in [1.54, 1.807) is 34.8 Å². The lowest BCUT2D eigenvalue weighted by Crippen LogP contribution is -2.19. The van der Waals surface area contributed by atoms with Crippen molar-refractivity contribution < 1.29 is 9.34 Å². The summed E-state index contributed by atoms with van der Waals surface area (Å²) in [5, 5.41) is 19.4. The van der Waals surface area contributed by atoms with E-state index in [2.05, 4.69) is 15.4 Å². The summed E-state index contributed by atoms with van der Waals surface area (Å²) >= 11 is 1.56. The summed E-state index contributed by atoms with van der Waals surface area (Å²) in [7, 11) is 0. The maximum absolute atomic E-state index is 10.9. The van der Waals surface area contributed by atoms with E-state index in [1.807, 2.05) is 25.1 Å². The molecule has 0 spiro atoms. The second kappa shape index (κ2) is 6.68. The van der Waals surface area contributed by atoms with E-state index in [-0.39, 0.29) is 11.7 Å². The molecule has 8 nitrogen and oxygen atoms in total. The Balaban J connectivity index is 1.74. The number of furan rings is 1. The van der Waals surface area contributed by atoms with Crippen molar-refractivity contribution in [1.82, 2.24) is 14.8 Å². The Hall–Kier alpha value is -3.07. The molecule has 1 N–H and O–H groups in total. The van der Waals surface area contributed by atoms with E-state index >= 15 is 0 Å². The molecular formula is C17H15N5O3S. The van der Waals surface area contributed by atoms with Crippen LogP contribution in [0.25, 0.3) is 5.70 Å². The third kappa shape index (κ3) is 2.97. The normalized spacial score (nSPS) is 15.9. The minimum absolute atomic E-state index is 0.0533. The zero-order valence-corrected chi connectivity index (χ0v) is 14.6. The van der Waals surface area contributed by atoms with Crippen molar-refractivity contribution in [2.45, 2.75) is 18.1 Å². The molecule has 3 aromatic rings. The van der Waals surface area contributed by atoms with Crippen molar-refractivity contribution in [1.29, 1.82) is 0 Å². The number of anilines is 1. The first-order chi connectivity index (χ1) is 12.7. The van der Waals surface area contributed by atoms with Crippen molar-refractivity contribution in [2.24, 2.45) is 0 Å². The predicted octanol–water partition coefficient (Wildman–Crippen LogP) is 3.95. The van der Waals surface area contributed by atoms with Gasteiger partial charge >= 0.3 is 0 Å². The molecule has 0 amide bonds. The molecule has 0 bridgehead atoms. The van der Waals surface area contributed by atoms with Crippen LogP contribution >= 0.6 is 11.8 Å². The quantitative estimate of drug-likeness (QED) is 0.413. The number of non-ortho nitro benzene ring substituents is 1. The zero-order valence-electron chi connectivity index (χ0n) is 13.8. The Morgan fingerprint density at radius 3 is 2.81 bits per heavy atom. The molecule has 0 fully saturated rings. The van der Waals surface area contributed by atoms with Crippen LogP contribution in [0, 0.1) is 10.1 Å². The molecule has 26 heavy (non-hydrogen) atoms. The van der Waals surface area contributed by atoms with Crippen LogP contribution in [0.2, 0.25) is 0 Å². The van der Waals surface area contributed by atoms with Crippen LogP contribution in [-0.2, 0) is 0 Å². The van der Waals surface area contributed by atoms with Gasteiger partial charge in [-0.25, -0.2) is 4.68 Å². The lowest BCUT2D eigenvalue weighted by atomic mass is 10.1.